The number of rotatable bonds is 7. The number of hydrogen-bond donors (Lipinski definition) is 2. The number of carbonyl (C=O) groups excluding carboxylic acids is 1. The van der Waals surface area contributed by atoms with Gasteiger partial charge in [-0.15, -0.1) is 0 Å². The van der Waals surface area contributed by atoms with Gasteiger partial charge in [0.05, 0.1) is 5.60 Å². The molecule has 0 saturated heterocycles. The van der Waals surface area contributed by atoms with Gasteiger partial charge in [-0.2, -0.15) is 0 Å². The van der Waals surface area contributed by atoms with E-state index in [0.29, 0.717) is 12.1 Å². The van der Waals surface area contributed by atoms with E-state index in [4.69, 9.17) is 4.74 Å². The lowest BCUT2D eigenvalue weighted by Crippen LogP contribution is -2.49. The summed E-state index contributed by atoms with van der Waals surface area (Å²) in [6, 6.07) is 7.60. The van der Waals surface area contributed by atoms with Gasteiger partial charge in [-0.3, -0.25) is 4.79 Å². The number of methoxy groups -OCH3 is 1. The Labute approximate surface area is 120 Å². The second-order valence-electron chi connectivity index (χ2n) is 5.43. The Morgan fingerprint density at radius 2 is 2.00 bits per heavy atom. The first-order valence-corrected chi connectivity index (χ1v) is 7.36. The molecule has 1 aromatic carbocycles. The molecule has 0 radical (unpaired) electrons. The first kappa shape index (κ1) is 14.9. The maximum absolute atomic E-state index is 12.1. The maximum atomic E-state index is 12.1. The first-order chi connectivity index (χ1) is 9.69. The molecule has 1 saturated carbocycles. The van der Waals surface area contributed by atoms with E-state index in [1.54, 1.807) is 7.11 Å². The van der Waals surface area contributed by atoms with E-state index in [-0.39, 0.29) is 11.5 Å². The van der Waals surface area contributed by atoms with Gasteiger partial charge in [0.25, 0.3) is 5.91 Å². The topological polar surface area (TPSA) is 50.4 Å². The summed E-state index contributed by atoms with van der Waals surface area (Å²) in [4.78, 5) is 12.1. The summed E-state index contributed by atoms with van der Waals surface area (Å²) in [5, 5.41) is 6.26. The van der Waals surface area contributed by atoms with Gasteiger partial charge in [-0.1, -0.05) is 6.92 Å². The number of ether oxygens (including phenoxy) is 1. The number of benzene rings is 1. The second kappa shape index (κ2) is 6.75. The molecule has 0 heterocycles. The molecule has 1 amide bonds. The molecule has 2 N–H and O–H groups in total. The van der Waals surface area contributed by atoms with Gasteiger partial charge in [-0.05, 0) is 49.9 Å². The molecule has 110 valence electrons. The third kappa shape index (κ3) is 3.51. The van der Waals surface area contributed by atoms with Crippen LogP contribution in [-0.2, 0) is 4.74 Å². The molecule has 1 fully saturated rings. The van der Waals surface area contributed by atoms with Crippen molar-refractivity contribution in [3.63, 3.8) is 0 Å². The monoisotopic (exact) mass is 276 g/mol. The molecule has 0 spiro atoms. The van der Waals surface area contributed by atoms with E-state index >= 15 is 0 Å². The SMILES string of the molecule is CCCNc1ccc(C(=O)NCC2(OC)CCC2)cc1. The molecule has 1 aliphatic rings. The van der Waals surface area contributed by atoms with Gasteiger partial charge < -0.3 is 15.4 Å². The molecule has 0 aromatic heterocycles. The number of nitrogens with one attached hydrogen (secondary N) is 2. The quantitative estimate of drug-likeness (QED) is 0.805. The highest BCUT2D eigenvalue weighted by Gasteiger charge is 2.37. The maximum Gasteiger partial charge on any atom is 0.251 e. The van der Waals surface area contributed by atoms with Gasteiger partial charge in [0, 0.05) is 31.5 Å². The molecule has 0 aliphatic heterocycles. The minimum absolute atomic E-state index is 0.0321. The van der Waals surface area contributed by atoms with Crippen LogP contribution in [0.2, 0.25) is 0 Å². The van der Waals surface area contributed by atoms with Crippen molar-refractivity contribution in [3.8, 4) is 0 Å². The Morgan fingerprint density at radius 3 is 2.50 bits per heavy atom. The molecule has 4 nitrogen and oxygen atoms in total. The van der Waals surface area contributed by atoms with Crippen molar-refractivity contribution in [1.82, 2.24) is 5.32 Å². The molecule has 2 rings (SSSR count). The van der Waals surface area contributed by atoms with Crippen molar-refractivity contribution >= 4 is 11.6 Å². The molecular formula is C16H24N2O2. The average molecular weight is 276 g/mol. The van der Waals surface area contributed by atoms with E-state index in [2.05, 4.69) is 17.6 Å². The Morgan fingerprint density at radius 1 is 1.30 bits per heavy atom. The summed E-state index contributed by atoms with van der Waals surface area (Å²) < 4.78 is 5.50. The zero-order chi connectivity index (χ0) is 14.4. The summed E-state index contributed by atoms with van der Waals surface area (Å²) in [6.07, 6.45) is 4.33. The largest absolute Gasteiger partial charge is 0.385 e. The van der Waals surface area contributed by atoms with Crippen LogP contribution in [0, 0.1) is 0 Å². The lowest BCUT2D eigenvalue weighted by atomic mass is 9.80. The minimum Gasteiger partial charge on any atom is -0.385 e. The van der Waals surface area contributed by atoms with Crippen LogP contribution in [0.4, 0.5) is 5.69 Å². The Balaban J connectivity index is 1.85. The van der Waals surface area contributed by atoms with Gasteiger partial charge in [0.2, 0.25) is 0 Å². The summed E-state index contributed by atoms with van der Waals surface area (Å²) in [5.41, 5.74) is 1.62. The van der Waals surface area contributed by atoms with E-state index in [1.807, 2.05) is 24.3 Å². The second-order valence-corrected chi connectivity index (χ2v) is 5.43. The van der Waals surface area contributed by atoms with Crippen molar-refractivity contribution in [2.45, 2.75) is 38.2 Å². The smallest absolute Gasteiger partial charge is 0.251 e. The highest BCUT2D eigenvalue weighted by molar-refractivity contribution is 5.94. The average Bonchev–Trinajstić information content (AvgIpc) is 2.45. The summed E-state index contributed by atoms with van der Waals surface area (Å²) in [7, 11) is 1.72. The van der Waals surface area contributed by atoms with Crippen LogP contribution in [0.15, 0.2) is 24.3 Å². The summed E-state index contributed by atoms with van der Waals surface area (Å²) in [6.45, 7) is 3.67. The highest BCUT2D eigenvalue weighted by atomic mass is 16.5. The molecule has 0 bridgehead atoms. The van der Waals surface area contributed by atoms with Crippen LogP contribution in [0.3, 0.4) is 0 Å². The molecule has 1 aromatic rings. The Bertz CT molecular complexity index is 433. The predicted octanol–water partition coefficient (Wildman–Crippen LogP) is 2.81. The van der Waals surface area contributed by atoms with Crippen LogP contribution in [-0.4, -0.2) is 31.7 Å². The first-order valence-electron chi connectivity index (χ1n) is 7.36. The third-order valence-electron chi connectivity index (χ3n) is 4.00. The van der Waals surface area contributed by atoms with Gasteiger partial charge in [0.1, 0.15) is 0 Å². The Hall–Kier alpha value is -1.55. The predicted molar refractivity (Wildman–Crippen MR) is 81.1 cm³/mol. The number of hydrogen-bond acceptors (Lipinski definition) is 3. The minimum atomic E-state index is -0.127. The van der Waals surface area contributed by atoms with Crippen molar-refractivity contribution in [2.75, 3.05) is 25.5 Å². The van der Waals surface area contributed by atoms with Crippen LogP contribution >= 0.6 is 0 Å². The summed E-state index contributed by atoms with van der Waals surface area (Å²) in [5.74, 6) is -0.0321. The molecule has 0 unspecified atom stereocenters. The van der Waals surface area contributed by atoms with E-state index in [1.165, 1.54) is 6.42 Å². The third-order valence-corrected chi connectivity index (χ3v) is 4.00. The zero-order valence-electron chi connectivity index (χ0n) is 12.4. The standard InChI is InChI=1S/C16H24N2O2/c1-3-11-17-14-7-5-13(6-8-14)15(19)18-12-16(20-2)9-4-10-16/h5-8,17H,3-4,9-12H2,1-2H3,(H,18,19). The van der Waals surface area contributed by atoms with Gasteiger partial charge in [0.15, 0.2) is 0 Å². The van der Waals surface area contributed by atoms with Crippen molar-refractivity contribution in [2.24, 2.45) is 0 Å². The highest BCUT2D eigenvalue weighted by Crippen LogP contribution is 2.34. The molecule has 4 heteroatoms. The van der Waals surface area contributed by atoms with Crippen LogP contribution in [0.25, 0.3) is 0 Å². The summed E-state index contributed by atoms with van der Waals surface area (Å²) >= 11 is 0. The van der Waals surface area contributed by atoms with Crippen LogP contribution < -0.4 is 10.6 Å². The number of amides is 1. The van der Waals surface area contributed by atoms with Crippen LogP contribution in [0.5, 0.6) is 0 Å². The normalized spacial score (nSPS) is 16.3. The van der Waals surface area contributed by atoms with Crippen LogP contribution in [0.1, 0.15) is 43.0 Å². The molecule has 1 aliphatic carbocycles. The van der Waals surface area contributed by atoms with E-state index in [0.717, 1.165) is 31.5 Å². The number of carbonyl (C=O) groups is 1. The van der Waals surface area contributed by atoms with Crippen molar-refractivity contribution in [1.29, 1.82) is 0 Å². The molecule has 0 atom stereocenters. The fourth-order valence-corrected chi connectivity index (χ4v) is 2.38. The van der Waals surface area contributed by atoms with Crippen molar-refractivity contribution < 1.29 is 9.53 Å². The lowest BCUT2D eigenvalue weighted by Gasteiger charge is -2.40. The Kier molecular flexibility index (Phi) is 5.01. The molecular weight excluding hydrogens is 252 g/mol. The lowest BCUT2D eigenvalue weighted by molar-refractivity contribution is -0.0679. The van der Waals surface area contributed by atoms with Gasteiger partial charge >= 0.3 is 0 Å². The fraction of sp³-hybridized carbons (Fsp3) is 0.562. The molecule has 20 heavy (non-hydrogen) atoms. The van der Waals surface area contributed by atoms with E-state index < -0.39 is 0 Å². The van der Waals surface area contributed by atoms with Crippen molar-refractivity contribution in [3.05, 3.63) is 29.8 Å². The van der Waals surface area contributed by atoms with Gasteiger partial charge in [-0.25, -0.2) is 0 Å². The zero-order valence-corrected chi connectivity index (χ0v) is 12.4. The number of anilines is 1. The van der Waals surface area contributed by atoms with E-state index in [9.17, 15) is 4.79 Å². The fourth-order valence-electron chi connectivity index (χ4n) is 2.38.